The smallest absolute Gasteiger partial charge is 0.343 e. The van der Waals surface area contributed by atoms with Crippen LogP contribution in [0.4, 0.5) is 0 Å². The van der Waals surface area contributed by atoms with Gasteiger partial charge in [-0.1, -0.05) is 19.3 Å². The molecule has 9 heteroatoms. The number of esters is 1. The van der Waals surface area contributed by atoms with Gasteiger partial charge in [-0.05, 0) is 67.0 Å². The van der Waals surface area contributed by atoms with E-state index in [-0.39, 0.29) is 5.56 Å². The lowest BCUT2D eigenvalue weighted by Gasteiger charge is -2.23. The first-order chi connectivity index (χ1) is 16.0. The van der Waals surface area contributed by atoms with Gasteiger partial charge in [-0.25, -0.2) is 4.79 Å². The van der Waals surface area contributed by atoms with Gasteiger partial charge in [0.2, 0.25) is 5.75 Å². The van der Waals surface area contributed by atoms with Crippen LogP contribution in [0.25, 0.3) is 0 Å². The van der Waals surface area contributed by atoms with Crippen molar-refractivity contribution in [2.45, 2.75) is 38.1 Å². The number of methoxy groups -OCH3 is 3. The summed E-state index contributed by atoms with van der Waals surface area (Å²) in [7, 11) is 4.47. The zero-order valence-corrected chi connectivity index (χ0v) is 19.9. The van der Waals surface area contributed by atoms with Gasteiger partial charge in [0, 0.05) is 6.04 Å². The number of ether oxygens (including phenoxy) is 4. The predicted molar refractivity (Wildman–Crippen MR) is 131 cm³/mol. The summed E-state index contributed by atoms with van der Waals surface area (Å²) in [5.41, 5.74) is 3.95. The largest absolute Gasteiger partial charge is 0.493 e. The van der Waals surface area contributed by atoms with E-state index in [4.69, 9.17) is 31.2 Å². The van der Waals surface area contributed by atoms with E-state index in [0.717, 1.165) is 18.4 Å². The molecule has 0 bridgehead atoms. The molecule has 1 aliphatic rings. The molecule has 0 aliphatic heterocycles. The van der Waals surface area contributed by atoms with Gasteiger partial charge in [-0.15, -0.1) is 0 Å². The van der Waals surface area contributed by atoms with Gasteiger partial charge in [0.15, 0.2) is 16.6 Å². The summed E-state index contributed by atoms with van der Waals surface area (Å²) < 4.78 is 21.3. The molecule has 0 atom stereocenters. The van der Waals surface area contributed by atoms with Crippen LogP contribution in [-0.4, -0.2) is 44.7 Å². The molecule has 2 N–H and O–H groups in total. The van der Waals surface area contributed by atoms with Gasteiger partial charge < -0.3 is 24.3 Å². The number of hydrogen-bond acceptors (Lipinski definition) is 7. The highest BCUT2D eigenvalue weighted by Crippen LogP contribution is 2.38. The van der Waals surface area contributed by atoms with Crippen LogP contribution in [0.2, 0.25) is 0 Å². The molecule has 2 aromatic carbocycles. The average molecular weight is 472 g/mol. The maximum atomic E-state index is 12.6. The van der Waals surface area contributed by atoms with E-state index < -0.39 is 5.97 Å². The Morgan fingerprint density at radius 2 is 1.64 bits per heavy atom. The Hall–Kier alpha value is -3.33. The van der Waals surface area contributed by atoms with Crippen molar-refractivity contribution in [2.24, 2.45) is 5.10 Å². The Morgan fingerprint density at radius 3 is 2.21 bits per heavy atom. The van der Waals surface area contributed by atoms with Gasteiger partial charge in [0.25, 0.3) is 0 Å². The topological polar surface area (TPSA) is 90.4 Å². The van der Waals surface area contributed by atoms with E-state index in [9.17, 15) is 4.79 Å². The fourth-order valence-electron chi connectivity index (χ4n) is 3.62. The maximum Gasteiger partial charge on any atom is 0.343 e. The van der Waals surface area contributed by atoms with Gasteiger partial charge >= 0.3 is 5.97 Å². The van der Waals surface area contributed by atoms with Crippen molar-refractivity contribution in [1.82, 2.24) is 10.7 Å². The molecular weight excluding hydrogens is 442 g/mol. The summed E-state index contributed by atoms with van der Waals surface area (Å²) in [5.74, 6) is 1.00. The van der Waals surface area contributed by atoms with E-state index in [2.05, 4.69) is 15.8 Å². The summed E-state index contributed by atoms with van der Waals surface area (Å²) >= 11 is 5.30. The minimum atomic E-state index is -0.545. The molecule has 8 nitrogen and oxygen atoms in total. The molecule has 3 rings (SSSR count). The molecular formula is C24H29N3O5S. The van der Waals surface area contributed by atoms with Gasteiger partial charge in [-0.2, -0.15) is 5.10 Å². The number of rotatable bonds is 8. The Kier molecular flexibility index (Phi) is 8.88. The Labute approximate surface area is 199 Å². The highest BCUT2D eigenvalue weighted by atomic mass is 32.1. The summed E-state index contributed by atoms with van der Waals surface area (Å²) in [5, 5.41) is 7.99. The van der Waals surface area contributed by atoms with Crippen molar-refractivity contribution in [2.75, 3.05) is 21.3 Å². The molecule has 1 saturated carbocycles. The van der Waals surface area contributed by atoms with Crippen LogP contribution in [0.15, 0.2) is 41.5 Å². The zero-order chi connectivity index (χ0) is 23.6. The van der Waals surface area contributed by atoms with E-state index in [1.54, 1.807) is 42.6 Å². The fraction of sp³-hybridized carbons (Fsp3) is 0.375. The number of thiocarbonyl (C=S) groups is 1. The minimum absolute atomic E-state index is 0.276. The Bertz CT molecular complexity index is 963. The fourth-order valence-corrected chi connectivity index (χ4v) is 3.84. The first kappa shape index (κ1) is 24.3. The Morgan fingerprint density at radius 1 is 1.00 bits per heavy atom. The molecule has 0 radical (unpaired) electrons. The normalized spacial score (nSPS) is 13.9. The van der Waals surface area contributed by atoms with Crippen LogP contribution in [0.1, 0.15) is 48.0 Å². The number of hydrazone groups is 1. The molecule has 0 heterocycles. The average Bonchev–Trinajstić information content (AvgIpc) is 2.84. The molecule has 0 unspecified atom stereocenters. The Balaban J connectivity index is 1.56. The highest BCUT2D eigenvalue weighted by Gasteiger charge is 2.18. The third-order valence-corrected chi connectivity index (χ3v) is 5.52. The molecule has 176 valence electrons. The molecule has 1 aliphatic carbocycles. The standard InChI is InChI=1S/C24H29N3O5S/c1-29-20-13-17(14-21(30-2)22(20)31-3)23(28)32-19-11-9-16(10-12-19)15-25-27-24(33)26-18-7-5-4-6-8-18/h9-15,18H,4-8H2,1-3H3,(H2,26,27,33). The van der Waals surface area contributed by atoms with Crippen molar-refractivity contribution < 1.29 is 23.7 Å². The van der Waals surface area contributed by atoms with Crippen LogP contribution in [0, 0.1) is 0 Å². The highest BCUT2D eigenvalue weighted by molar-refractivity contribution is 7.80. The van der Waals surface area contributed by atoms with E-state index >= 15 is 0 Å². The number of carbonyl (C=O) groups excluding carboxylic acids is 1. The van der Waals surface area contributed by atoms with E-state index in [1.807, 2.05) is 0 Å². The minimum Gasteiger partial charge on any atom is -0.493 e. The van der Waals surface area contributed by atoms with Crippen molar-refractivity contribution in [3.05, 3.63) is 47.5 Å². The van der Waals surface area contributed by atoms with Crippen molar-refractivity contribution in [1.29, 1.82) is 0 Å². The summed E-state index contributed by atoms with van der Waals surface area (Å²) in [6.07, 6.45) is 7.70. The number of carbonyl (C=O) groups is 1. The molecule has 0 spiro atoms. The predicted octanol–water partition coefficient (Wildman–Crippen LogP) is 4.06. The molecule has 2 aromatic rings. The number of nitrogens with zero attached hydrogens (tertiary/aromatic N) is 1. The summed E-state index contributed by atoms with van der Waals surface area (Å²) in [6.45, 7) is 0. The maximum absolute atomic E-state index is 12.6. The van der Waals surface area contributed by atoms with Crippen LogP contribution in [0.5, 0.6) is 23.0 Å². The lowest BCUT2D eigenvalue weighted by Crippen LogP contribution is -2.40. The molecule has 33 heavy (non-hydrogen) atoms. The number of benzene rings is 2. The van der Waals surface area contributed by atoms with Gasteiger partial charge in [-0.3, -0.25) is 5.43 Å². The first-order valence-corrected chi connectivity index (χ1v) is 11.2. The SMILES string of the molecule is COc1cc(C(=O)Oc2ccc(C=NNC(=S)NC3CCCCC3)cc2)cc(OC)c1OC. The second-order valence-corrected chi connectivity index (χ2v) is 7.96. The van der Waals surface area contributed by atoms with Crippen molar-refractivity contribution in [3.8, 4) is 23.0 Å². The quantitative estimate of drug-likeness (QED) is 0.196. The molecule has 0 aromatic heterocycles. The van der Waals surface area contributed by atoms with E-state index in [1.165, 1.54) is 40.6 Å². The third-order valence-electron chi connectivity index (χ3n) is 5.31. The molecule has 0 amide bonds. The lowest BCUT2D eigenvalue weighted by molar-refractivity contribution is 0.0734. The third kappa shape index (κ3) is 6.82. The van der Waals surface area contributed by atoms with Crippen molar-refractivity contribution >= 4 is 29.5 Å². The van der Waals surface area contributed by atoms with Crippen molar-refractivity contribution in [3.63, 3.8) is 0 Å². The lowest BCUT2D eigenvalue weighted by atomic mass is 9.96. The van der Waals surface area contributed by atoms with Crippen LogP contribution in [-0.2, 0) is 0 Å². The molecule has 0 saturated heterocycles. The van der Waals surface area contributed by atoms with Crippen LogP contribution < -0.4 is 29.7 Å². The van der Waals surface area contributed by atoms with Crippen LogP contribution >= 0.6 is 12.2 Å². The van der Waals surface area contributed by atoms with Crippen LogP contribution in [0.3, 0.4) is 0 Å². The van der Waals surface area contributed by atoms with Gasteiger partial charge in [0.1, 0.15) is 5.75 Å². The number of nitrogens with one attached hydrogen (secondary N) is 2. The summed E-state index contributed by atoms with van der Waals surface area (Å²) in [6, 6.07) is 10.5. The van der Waals surface area contributed by atoms with Gasteiger partial charge in [0.05, 0.1) is 33.1 Å². The second kappa shape index (κ2) is 12.1. The molecule has 1 fully saturated rings. The number of hydrogen-bond donors (Lipinski definition) is 2. The summed E-state index contributed by atoms with van der Waals surface area (Å²) in [4.78, 5) is 12.6. The first-order valence-electron chi connectivity index (χ1n) is 10.8. The monoisotopic (exact) mass is 471 g/mol. The van der Waals surface area contributed by atoms with E-state index in [0.29, 0.717) is 34.2 Å². The second-order valence-electron chi connectivity index (χ2n) is 7.55. The zero-order valence-electron chi connectivity index (χ0n) is 19.1.